The Hall–Kier alpha value is -3.06. The average Bonchev–Trinajstić information content (AvgIpc) is 3.28. The summed E-state index contributed by atoms with van der Waals surface area (Å²) in [7, 11) is 0. The molecule has 0 radical (unpaired) electrons. The van der Waals surface area contributed by atoms with Crippen LogP contribution < -0.4 is 11.1 Å². The average molecular weight is 447 g/mol. The Morgan fingerprint density at radius 3 is 2.79 bits per heavy atom. The molecule has 1 aliphatic heterocycles. The molecule has 0 atom stereocenters. The Kier molecular flexibility index (Phi) is 5.32. The number of rotatable bonds is 5. The summed E-state index contributed by atoms with van der Waals surface area (Å²) in [6, 6.07) is 4.62. The summed E-state index contributed by atoms with van der Waals surface area (Å²) in [6.07, 6.45) is 7.67. The van der Waals surface area contributed by atoms with Crippen LogP contribution in [0.15, 0.2) is 31.0 Å². The molecule has 174 valence electrons. The van der Waals surface area contributed by atoms with Crippen LogP contribution in [0, 0.1) is 12.3 Å². The monoisotopic (exact) mass is 446 g/mol. The number of carbonyl (C=O) groups excluding carboxylic acids is 1. The number of aromatic amines is 1. The highest BCUT2D eigenvalue weighted by Crippen LogP contribution is 2.39. The van der Waals surface area contributed by atoms with E-state index < -0.39 is 0 Å². The predicted octanol–water partition coefficient (Wildman–Crippen LogP) is 4.46. The molecule has 0 amide bonds. The SMILES string of the molecule is C=CCN1CCC(Nc2cc(-n3cc(C)c4c3CC(C)(C)CC4=O)cc3[nH]nc(N)c23)CC1. The molecule has 2 aliphatic rings. The fraction of sp³-hybridized carbons (Fsp3) is 0.462. The molecule has 0 spiro atoms. The number of piperidine rings is 1. The number of Topliss-reactive ketones (excluding diaryl/α,β-unsaturated/α-hetero) is 1. The Morgan fingerprint density at radius 2 is 2.06 bits per heavy atom. The van der Waals surface area contributed by atoms with Crippen molar-refractivity contribution in [1.82, 2.24) is 19.7 Å². The van der Waals surface area contributed by atoms with Crippen molar-refractivity contribution in [3.05, 3.63) is 47.8 Å². The summed E-state index contributed by atoms with van der Waals surface area (Å²) in [6.45, 7) is 13.3. The number of aryl methyl sites for hydroxylation is 1. The third kappa shape index (κ3) is 3.95. The van der Waals surface area contributed by atoms with Gasteiger partial charge >= 0.3 is 0 Å². The fourth-order valence-corrected chi connectivity index (χ4v) is 5.59. The van der Waals surface area contributed by atoms with E-state index in [9.17, 15) is 4.79 Å². The zero-order valence-corrected chi connectivity index (χ0v) is 19.9. The summed E-state index contributed by atoms with van der Waals surface area (Å²) in [5.74, 6) is 0.749. The predicted molar refractivity (Wildman–Crippen MR) is 134 cm³/mol. The van der Waals surface area contributed by atoms with Crippen LogP contribution in [0.25, 0.3) is 16.6 Å². The van der Waals surface area contributed by atoms with Gasteiger partial charge in [0.05, 0.1) is 10.9 Å². The summed E-state index contributed by atoms with van der Waals surface area (Å²) >= 11 is 0. The number of nitrogens with two attached hydrogens (primary N) is 1. The van der Waals surface area contributed by atoms with Crippen LogP contribution in [0.3, 0.4) is 0 Å². The van der Waals surface area contributed by atoms with E-state index in [4.69, 9.17) is 5.73 Å². The first kappa shape index (κ1) is 21.8. The summed E-state index contributed by atoms with van der Waals surface area (Å²) in [4.78, 5) is 15.3. The second-order valence-electron chi connectivity index (χ2n) is 10.5. The fourth-order valence-electron chi connectivity index (χ4n) is 5.59. The second kappa shape index (κ2) is 8.06. The van der Waals surface area contributed by atoms with Crippen molar-refractivity contribution in [2.75, 3.05) is 30.7 Å². The van der Waals surface area contributed by atoms with Gasteiger partial charge in [-0.1, -0.05) is 19.9 Å². The van der Waals surface area contributed by atoms with Gasteiger partial charge in [-0.05, 0) is 49.3 Å². The maximum absolute atomic E-state index is 12.9. The molecule has 7 heteroatoms. The highest BCUT2D eigenvalue weighted by atomic mass is 16.1. The molecule has 0 bridgehead atoms. The number of ketones is 1. The third-order valence-electron chi connectivity index (χ3n) is 7.15. The van der Waals surface area contributed by atoms with Gasteiger partial charge < -0.3 is 15.6 Å². The Balaban J connectivity index is 1.54. The molecule has 1 fully saturated rings. The molecule has 4 N–H and O–H groups in total. The summed E-state index contributed by atoms with van der Waals surface area (Å²) < 4.78 is 2.19. The van der Waals surface area contributed by atoms with Gasteiger partial charge in [-0.25, -0.2) is 0 Å². The highest BCUT2D eigenvalue weighted by molar-refractivity contribution is 6.02. The number of likely N-dealkylation sites (tertiary alicyclic amines) is 1. The number of H-pyrrole nitrogens is 1. The molecule has 2 aromatic heterocycles. The molecule has 0 saturated carbocycles. The lowest BCUT2D eigenvalue weighted by molar-refractivity contribution is 0.0910. The maximum Gasteiger partial charge on any atom is 0.165 e. The van der Waals surface area contributed by atoms with Crippen molar-refractivity contribution in [3.63, 3.8) is 0 Å². The minimum Gasteiger partial charge on any atom is -0.382 e. The summed E-state index contributed by atoms with van der Waals surface area (Å²) in [5, 5.41) is 12.1. The van der Waals surface area contributed by atoms with E-state index in [2.05, 4.69) is 63.7 Å². The van der Waals surface area contributed by atoms with E-state index in [1.54, 1.807) is 0 Å². The normalized spacial score (nSPS) is 19.1. The van der Waals surface area contributed by atoms with Crippen LogP contribution in [-0.2, 0) is 6.42 Å². The Bertz CT molecular complexity index is 1230. The molecule has 7 nitrogen and oxygen atoms in total. The van der Waals surface area contributed by atoms with Crippen molar-refractivity contribution in [2.45, 2.75) is 52.5 Å². The molecule has 0 unspecified atom stereocenters. The van der Waals surface area contributed by atoms with Crippen LogP contribution in [-0.4, -0.2) is 51.1 Å². The third-order valence-corrected chi connectivity index (χ3v) is 7.15. The molecule has 1 aromatic carbocycles. The molecule has 3 heterocycles. The first-order valence-electron chi connectivity index (χ1n) is 11.9. The van der Waals surface area contributed by atoms with Gasteiger partial charge in [0.25, 0.3) is 0 Å². The van der Waals surface area contributed by atoms with E-state index in [1.807, 2.05) is 13.0 Å². The lowest BCUT2D eigenvalue weighted by atomic mass is 9.75. The number of nitrogens with zero attached hydrogens (tertiary/aromatic N) is 3. The molecule has 3 aromatic rings. The zero-order chi connectivity index (χ0) is 23.3. The Labute approximate surface area is 195 Å². The van der Waals surface area contributed by atoms with E-state index in [1.165, 1.54) is 0 Å². The Morgan fingerprint density at radius 1 is 1.30 bits per heavy atom. The summed E-state index contributed by atoms with van der Waals surface area (Å²) in [5.41, 5.74) is 12.2. The number of hydrogen-bond acceptors (Lipinski definition) is 5. The first-order chi connectivity index (χ1) is 15.8. The molecule has 5 rings (SSSR count). The van der Waals surface area contributed by atoms with Gasteiger partial charge in [0, 0.05) is 60.9 Å². The molecule has 33 heavy (non-hydrogen) atoms. The van der Waals surface area contributed by atoms with Crippen LogP contribution in [0.1, 0.15) is 54.7 Å². The van der Waals surface area contributed by atoms with Gasteiger partial charge in [-0.3, -0.25) is 14.8 Å². The zero-order valence-electron chi connectivity index (χ0n) is 19.9. The second-order valence-corrected chi connectivity index (χ2v) is 10.5. The number of fused-ring (bicyclic) bond motifs is 2. The molecular formula is C26H34N6O. The van der Waals surface area contributed by atoms with Crippen molar-refractivity contribution in [1.29, 1.82) is 0 Å². The largest absolute Gasteiger partial charge is 0.382 e. The minimum absolute atomic E-state index is 0.0460. The topological polar surface area (TPSA) is 92.0 Å². The number of nitrogen functional groups attached to an aromatic ring is 1. The van der Waals surface area contributed by atoms with E-state index in [0.717, 1.165) is 78.0 Å². The smallest absolute Gasteiger partial charge is 0.165 e. The van der Waals surface area contributed by atoms with Crippen molar-refractivity contribution in [2.24, 2.45) is 5.41 Å². The van der Waals surface area contributed by atoms with Crippen molar-refractivity contribution >= 4 is 28.2 Å². The van der Waals surface area contributed by atoms with Crippen LogP contribution >= 0.6 is 0 Å². The number of nitrogens with one attached hydrogen (secondary N) is 2. The van der Waals surface area contributed by atoms with Crippen molar-refractivity contribution in [3.8, 4) is 5.69 Å². The number of hydrogen-bond donors (Lipinski definition) is 3. The molecule has 1 saturated heterocycles. The minimum atomic E-state index is -0.0460. The quantitative estimate of drug-likeness (QED) is 0.503. The lowest BCUT2D eigenvalue weighted by Crippen LogP contribution is -2.39. The van der Waals surface area contributed by atoms with Gasteiger partial charge in [0.15, 0.2) is 11.6 Å². The van der Waals surface area contributed by atoms with Crippen LogP contribution in [0.2, 0.25) is 0 Å². The lowest BCUT2D eigenvalue weighted by Gasteiger charge is -2.32. The molecular weight excluding hydrogens is 412 g/mol. The maximum atomic E-state index is 12.9. The van der Waals surface area contributed by atoms with E-state index in [-0.39, 0.29) is 11.2 Å². The molecule has 1 aliphatic carbocycles. The standard InChI is InChI=1S/C26H34N6O/c1-5-8-31-9-6-17(7-10-31)28-19-11-18(12-20-24(19)25(27)30-29-20)32-15-16(2)23-21(32)13-26(3,4)14-22(23)33/h5,11-12,15,17,28H,1,6-10,13-14H2,2-4H3,(H3,27,29,30). The first-order valence-corrected chi connectivity index (χ1v) is 11.9. The van der Waals surface area contributed by atoms with Crippen LogP contribution in [0.4, 0.5) is 11.5 Å². The van der Waals surface area contributed by atoms with Gasteiger partial charge in [-0.15, -0.1) is 6.58 Å². The van der Waals surface area contributed by atoms with Crippen molar-refractivity contribution < 1.29 is 4.79 Å². The number of aromatic nitrogens is 3. The van der Waals surface area contributed by atoms with Gasteiger partial charge in [0.2, 0.25) is 0 Å². The highest BCUT2D eigenvalue weighted by Gasteiger charge is 2.35. The number of carbonyl (C=O) groups is 1. The van der Waals surface area contributed by atoms with Crippen LogP contribution in [0.5, 0.6) is 0 Å². The van der Waals surface area contributed by atoms with Gasteiger partial charge in [-0.2, -0.15) is 5.10 Å². The van der Waals surface area contributed by atoms with E-state index >= 15 is 0 Å². The number of anilines is 2. The van der Waals surface area contributed by atoms with E-state index in [0.29, 0.717) is 18.3 Å². The number of benzene rings is 1. The van der Waals surface area contributed by atoms with Gasteiger partial charge in [0.1, 0.15) is 0 Å².